The van der Waals surface area contributed by atoms with E-state index < -0.39 is 0 Å². The topological polar surface area (TPSA) is 55.1 Å². The van der Waals surface area contributed by atoms with Crippen LogP contribution in [-0.4, -0.2) is 18.0 Å². The van der Waals surface area contributed by atoms with Crippen LogP contribution in [0.4, 0.5) is 4.39 Å². The molecule has 0 saturated heterocycles. The average molecular weight is 278 g/mol. The first kappa shape index (κ1) is 15.0. The van der Waals surface area contributed by atoms with E-state index >= 15 is 0 Å². The van der Waals surface area contributed by atoms with Gasteiger partial charge in [0.1, 0.15) is 5.82 Å². The zero-order valence-corrected chi connectivity index (χ0v) is 12.0. The predicted octanol–water partition coefficient (Wildman–Crippen LogP) is 2.39. The largest absolute Gasteiger partial charge is 0.349 e. The van der Waals surface area contributed by atoms with Crippen molar-refractivity contribution in [1.29, 1.82) is 0 Å². The van der Waals surface area contributed by atoms with Crippen molar-refractivity contribution in [3.63, 3.8) is 0 Å². The summed E-state index contributed by atoms with van der Waals surface area (Å²) >= 11 is 0. The van der Waals surface area contributed by atoms with Gasteiger partial charge in [-0.1, -0.05) is 38.0 Å². The van der Waals surface area contributed by atoms with Gasteiger partial charge in [-0.25, -0.2) is 4.39 Å². The number of carbonyl (C=O) groups is 1. The number of carbonyl (C=O) groups excluding carboxylic acids is 1. The molecule has 2 rings (SSSR count). The first-order chi connectivity index (χ1) is 9.57. The van der Waals surface area contributed by atoms with Crippen molar-refractivity contribution in [2.24, 2.45) is 11.7 Å². The van der Waals surface area contributed by atoms with E-state index in [9.17, 15) is 9.18 Å². The second-order valence-electron chi connectivity index (χ2n) is 5.82. The molecule has 0 heterocycles. The monoisotopic (exact) mass is 278 g/mol. The summed E-state index contributed by atoms with van der Waals surface area (Å²) in [5.74, 6) is -0.110. The molecule has 1 aromatic rings. The lowest BCUT2D eigenvalue weighted by Gasteiger charge is -2.42. The van der Waals surface area contributed by atoms with Crippen molar-refractivity contribution < 1.29 is 9.18 Å². The first-order valence-corrected chi connectivity index (χ1v) is 7.32. The van der Waals surface area contributed by atoms with Gasteiger partial charge < -0.3 is 11.1 Å². The quantitative estimate of drug-likeness (QED) is 0.888. The number of amides is 1. The third-order valence-corrected chi connectivity index (χ3v) is 4.51. The molecule has 3 N–H and O–H groups in total. The van der Waals surface area contributed by atoms with Crippen molar-refractivity contribution in [2.75, 3.05) is 6.54 Å². The highest BCUT2D eigenvalue weighted by atomic mass is 19.1. The summed E-state index contributed by atoms with van der Waals surface area (Å²) in [6, 6.07) is 6.40. The summed E-state index contributed by atoms with van der Waals surface area (Å²) < 4.78 is 13.6. The molecule has 1 saturated carbocycles. The molecule has 2 atom stereocenters. The lowest BCUT2D eigenvalue weighted by atomic mass is 9.73. The van der Waals surface area contributed by atoms with Gasteiger partial charge in [0.2, 0.25) is 5.91 Å². The minimum absolute atomic E-state index is 0.0706. The summed E-state index contributed by atoms with van der Waals surface area (Å²) in [6.45, 7) is 2.58. The van der Waals surface area contributed by atoms with Gasteiger partial charge in [0.05, 0.1) is 12.0 Å². The Labute approximate surface area is 119 Å². The van der Waals surface area contributed by atoms with Crippen LogP contribution in [0.3, 0.4) is 0 Å². The minimum atomic E-state index is -0.332. The van der Waals surface area contributed by atoms with E-state index in [1.54, 1.807) is 18.2 Å². The van der Waals surface area contributed by atoms with E-state index in [0.29, 0.717) is 18.0 Å². The molecule has 3 nitrogen and oxygen atoms in total. The molecular formula is C16H23FN2O. The third kappa shape index (κ3) is 3.18. The molecule has 4 heteroatoms. The van der Waals surface area contributed by atoms with E-state index in [1.807, 2.05) is 0 Å². The van der Waals surface area contributed by atoms with Gasteiger partial charge in [-0.15, -0.1) is 0 Å². The molecule has 1 fully saturated rings. The molecule has 1 amide bonds. The normalized spacial score (nSPS) is 26.2. The fourth-order valence-corrected chi connectivity index (χ4v) is 3.09. The van der Waals surface area contributed by atoms with Crippen LogP contribution in [-0.2, 0) is 11.2 Å². The van der Waals surface area contributed by atoms with Gasteiger partial charge in [-0.2, -0.15) is 0 Å². The molecule has 0 spiro atoms. The number of nitrogens with one attached hydrogen (secondary N) is 1. The van der Waals surface area contributed by atoms with Gasteiger partial charge in [0.25, 0.3) is 0 Å². The SMILES string of the molecule is CC1CCCCC1(CN)NC(=O)Cc1ccccc1F. The lowest BCUT2D eigenvalue weighted by molar-refractivity contribution is -0.123. The van der Waals surface area contributed by atoms with Gasteiger partial charge in [-0.05, 0) is 30.4 Å². The standard InChI is InChI=1S/C16H23FN2O/c1-12-6-4-5-9-16(12,11-18)19-15(20)10-13-7-2-3-8-14(13)17/h2-3,7-8,12H,4-6,9-11,18H2,1H3,(H,19,20). The van der Waals surface area contributed by atoms with Crippen LogP contribution >= 0.6 is 0 Å². The van der Waals surface area contributed by atoms with E-state index in [2.05, 4.69) is 12.2 Å². The van der Waals surface area contributed by atoms with Crippen LogP contribution in [0.2, 0.25) is 0 Å². The molecule has 20 heavy (non-hydrogen) atoms. The van der Waals surface area contributed by atoms with E-state index in [4.69, 9.17) is 5.73 Å². The van der Waals surface area contributed by atoms with Crippen LogP contribution in [0.15, 0.2) is 24.3 Å². The Hall–Kier alpha value is -1.42. The molecule has 0 radical (unpaired) electrons. The average Bonchev–Trinajstić information content (AvgIpc) is 2.44. The van der Waals surface area contributed by atoms with Crippen molar-refractivity contribution in [3.05, 3.63) is 35.6 Å². The van der Waals surface area contributed by atoms with Gasteiger partial charge >= 0.3 is 0 Å². The van der Waals surface area contributed by atoms with Crippen molar-refractivity contribution in [3.8, 4) is 0 Å². The Bertz CT molecular complexity index is 477. The number of hydrogen-bond acceptors (Lipinski definition) is 2. The van der Waals surface area contributed by atoms with Crippen LogP contribution in [0, 0.1) is 11.7 Å². The lowest BCUT2D eigenvalue weighted by Crippen LogP contribution is -2.59. The maximum atomic E-state index is 13.6. The second kappa shape index (κ2) is 6.35. The number of halogens is 1. The summed E-state index contributed by atoms with van der Waals surface area (Å²) in [4.78, 5) is 12.2. The Balaban J connectivity index is 2.04. The molecule has 0 bridgehead atoms. The smallest absolute Gasteiger partial charge is 0.225 e. The highest BCUT2D eigenvalue weighted by molar-refractivity contribution is 5.79. The summed E-state index contributed by atoms with van der Waals surface area (Å²) in [6.07, 6.45) is 4.33. The molecule has 2 unspecified atom stereocenters. The second-order valence-corrected chi connectivity index (χ2v) is 5.82. The Morgan fingerprint density at radius 1 is 1.45 bits per heavy atom. The van der Waals surface area contributed by atoms with Crippen LogP contribution in [0.5, 0.6) is 0 Å². The maximum Gasteiger partial charge on any atom is 0.225 e. The van der Waals surface area contributed by atoms with Gasteiger partial charge in [0.15, 0.2) is 0 Å². The zero-order valence-electron chi connectivity index (χ0n) is 12.0. The Morgan fingerprint density at radius 2 is 2.20 bits per heavy atom. The van der Waals surface area contributed by atoms with Crippen LogP contribution < -0.4 is 11.1 Å². The molecule has 1 aliphatic rings. The fourth-order valence-electron chi connectivity index (χ4n) is 3.09. The first-order valence-electron chi connectivity index (χ1n) is 7.32. The van der Waals surface area contributed by atoms with Crippen LogP contribution in [0.1, 0.15) is 38.2 Å². The Kier molecular flexibility index (Phi) is 4.76. The van der Waals surface area contributed by atoms with Crippen molar-refractivity contribution in [1.82, 2.24) is 5.32 Å². The van der Waals surface area contributed by atoms with Gasteiger partial charge in [-0.3, -0.25) is 4.79 Å². The number of hydrogen-bond donors (Lipinski definition) is 2. The predicted molar refractivity (Wildman–Crippen MR) is 77.7 cm³/mol. The number of benzene rings is 1. The Morgan fingerprint density at radius 3 is 2.85 bits per heavy atom. The highest BCUT2D eigenvalue weighted by Crippen LogP contribution is 2.32. The number of nitrogens with two attached hydrogens (primary N) is 1. The zero-order chi connectivity index (χ0) is 14.6. The van der Waals surface area contributed by atoms with E-state index in [0.717, 1.165) is 19.3 Å². The van der Waals surface area contributed by atoms with Gasteiger partial charge in [0, 0.05) is 6.54 Å². The number of rotatable bonds is 4. The van der Waals surface area contributed by atoms with Crippen molar-refractivity contribution >= 4 is 5.91 Å². The minimum Gasteiger partial charge on any atom is -0.349 e. The molecule has 1 aromatic carbocycles. The molecule has 1 aliphatic carbocycles. The maximum absolute atomic E-state index is 13.6. The summed E-state index contributed by atoms with van der Waals surface area (Å²) in [5.41, 5.74) is 6.02. The molecule has 110 valence electrons. The summed E-state index contributed by atoms with van der Waals surface area (Å²) in [7, 11) is 0. The van der Waals surface area contributed by atoms with Crippen molar-refractivity contribution in [2.45, 2.75) is 44.6 Å². The molecular weight excluding hydrogens is 255 g/mol. The molecule has 0 aromatic heterocycles. The highest BCUT2D eigenvalue weighted by Gasteiger charge is 2.38. The summed E-state index contributed by atoms with van der Waals surface area (Å²) in [5, 5.41) is 3.08. The van der Waals surface area contributed by atoms with Crippen LogP contribution in [0.25, 0.3) is 0 Å². The molecule has 0 aliphatic heterocycles. The third-order valence-electron chi connectivity index (χ3n) is 4.51. The van der Waals surface area contributed by atoms with E-state index in [1.165, 1.54) is 12.5 Å². The van der Waals surface area contributed by atoms with E-state index in [-0.39, 0.29) is 23.7 Å². The fraction of sp³-hybridized carbons (Fsp3) is 0.562.